The largest absolute Gasteiger partial charge is 0.385 e. The van der Waals surface area contributed by atoms with Crippen LogP contribution in [0.1, 0.15) is 38.2 Å². The molecule has 6 heteroatoms. The summed E-state index contributed by atoms with van der Waals surface area (Å²) < 4.78 is 37.8. The smallest absolute Gasteiger partial charge is 0.178 e. The predicted octanol–water partition coefficient (Wildman–Crippen LogP) is 2.31. The molecule has 0 spiro atoms. The van der Waals surface area contributed by atoms with Gasteiger partial charge >= 0.3 is 0 Å². The van der Waals surface area contributed by atoms with Crippen molar-refractivity contribution in [1.29, 1.82) is 0 Å². The quantitative estimate of drug-likeness (QED) is 0.901. The lowest BCUT2D eigenvalue weighted by atomic mass is 9.84. The summed E-state index contributed by atoms with van der Waals surface area (Å²) in [6, 6.07) is 4.23. The molecule has 0 aromatic heterocycles. The van der Waals surface area contributed by atoms with Crippen molar-refractivity contribution >= 4 is 9.84 Å². The topological polar surface area (TPSA) is 57.6 Å². The minimum absolute atomic E-state index is 0.102. The average molecular weight is 329 g/mol. The number of piperidine rings is 1. The van der Waals surface area contributed by atoms with Crippen LogP contribution in [-0.4, -0.2) is 44.3 Å². The molecule has 1 N–H and O–H groups in total. The van der Waals surface area contributed by atoms with Gasteiger partial charge in [0.25, 0.3) is 0 Å². The molecule has 0 atom stereocenters. The van der Waals surface area contributed by atoms with Crippen molar-refractivity contribution in [2.75, 3.05) is 25.9 Å². The van der Waals surface area contributed by atoms with Gasteiger partial charge in [-0.15, -0.1) is 0 Å². The van der Waals surface area contributed by atoms with E-state index in [1.54, 1.807) is 0 Å². The molecule has 124 valence electrons. The van der Waals surface area contributed by atoms with Gasteiger partial charge in [0.15, 0.2) is 9.84 Å². The van der Waals surface area contributed by atoms with E-state index < -0.39 is 21.3 Å². The Morgan fingerprint density at radius 2 is 1.95 bits per heavy atom. The number of hydrogen-bond acceptors (Lipinski definition) is 4. The van der Waals surface area contributed by atoms with Crippen LogP contribution >= 0.6 is 0 Å². The van der Waals surface area contributed by atoms with E-state index in [-0.39, 0.29) is 10.5 Å². The number of hydrogen-bond donors (Lipinski definition) is 1. The first-order valence-electron chi connectivity index (χ1n) is 7.72. The Kier molecular flexibility index (Phi) is 5.25. The Morgan fingerprint density at radius 3 is 2.50 bits per heavy atom. The maximum atomic E-state index is 14.5. The van der Waals surface area contributed by atoms with Crippen molar-refractivity contribution in [3.63, 3.8) is 0 Å². The fourth-order valence-electron chi connectivity index (χ4n) is 2.95. The Balaban J connectivity index is 2.22. The Morgan fingerprint density at radius 1 is 1.32 bits per heavy atom. The number of aliphatic hydroxyl groups is 1. The average Bonchev–Trinajstić information content (AvgIpc) is 2.45. The molecule has 1 fully saturated rings. The normalized spacial score (nSPS) is 19.3. The Labute approximate surface area is 131 Å². The monoisotopic (exact) mass is 329 g/mol. The third-order valence-electron chi connectivity index (χ3n) is 4.38. The second-order valence-electron chi connectivity index (χ2n) is 6.12. The number of likely N-dealkylation sites (tertiary alicyclic amines) is 1. The molecule has 0 unspecified atom stereocenters. The van der Waals surface area contributed by atoms with Crippen LogP contribution in [0.15, 0.2) is 23.1 Å². The van der Waals surface area contributed by atoms with Crippen LogP contribution in [0.5, 0.6) is 0 Å². The van der Waals surface area contributed by atoms with Crippen molar-refractivity contribution in [3.8, 4) is 0 Å². The summed E-state index contributed by atoms with van der Waals surface area (Å²) in [5.41, 5.74) is -1.18. The molecule has 0 bridgehead atoms. The van der Waals surface area contributed by atoms with E-state index in [9.17, 15) is 17.9 Å². The van der Waals surface area contributed by atoms with Crippen molar-refractivity contribution < 1.29 is 17.9 Å². The van der Waals surface area contributed by atoms with E-state index in [1.165, 1.54) is 18.2 Å². The zero-order chi connectivity index (χ0) is 16.4. The molecular weight excluding hydrogens is 305 g/mol. The van der Waals surface area contributed by atoms with Gasteiger partial charge in [0.05, 0.1) is 5.60 Å². The predicted molar refractivity (Wildman–Crippen MR) is 84.0 cm³/mol. The molecule has 1 aliphatic heterocycles. The van der Waals surface area contributed by atoms with Crippen LogP contribution < -0.4 is 0 Å². The van der Waals surface area contributed by atoms with Gasteiger partial charge in [-0.25, -0.2) is 12.8 Å². The lowest BCUT2D eigenvalue weighted by molar-refractivity contribution is -0.0289. The lowest BCUT2D eigenvalue weighted by Crippen LogP contribution is -2.43. The molecule has 4 nitrogen and oxygen atoms in total. The van der Waals surface area contributed by atoms with E-state index >= 15 is 0 Å². The van der Waals surface area contributed by atoms with Crippen molar-refractivity contribution in [2.45, 2.75) is 43.1 Å². The van der Waals surface area contributed by atoms with Gasteiger partial charge < -0.3 is 10.0 Å². The minimum atomic E-state index is -3.64. The fourth-order valence-corrected chi connectivity index (χ4v) is 3.72. The number of nitrogens with zero attached hydrogens (tertiary/aromatic N) is 1. The van der Waals surface area contributed by atoms with E-state index in [4.69, 9.17) is 0 Å². The molecule has 1 saturated heterocycles. The van der Waals surface area contributed by atoms with Gasteiger partial charge in [-0.1, -0.05) is 25.5 Å². The van der Waals surface area contributed by atoms with Crippen LogP contribution in [0.2, 0.25) is 0 Å². The molecule has 22 heavy (non-hydrogen) atoms. The Bertz CT molecular complexity index is 622. The second kappa shape index (κ2) is 6.64. The van der Waals surface area contributed by atoms with Crippen LogP contribution in [0.4, 0.5) is 4.39 Å². The molecular formula is C16H24FNO3S. The highest BCUT2D eigenvalue weighted by molar-refractivity contribution is 7.90. The highest BCUT2D eigenvalue weighted by Gasteiger charge is 2.37. The first kappa shape index (κ1) is 17.4. The third kappa shape index (κ3) is 3.67. The maximum absolute atomic E-state index is 14.5. The highest BCUT2D eigenvalue weighted by Crippen LogP contribution is 2.36. The van der Waals surface area contributed by atoms with Crippen LogP contribution in [-0.2, 0) is 15.4 Å². The maximum Gasteiger partial charge on any atom is 0.178 e. The number of rotatable bonds is 5. The van der Waals surface area contributed by atoms with E-state index in [0.717, 1.165) is 25.6 Å². The molecule has 1 aromatic carbocycles. The molecule has 1 aromatic rings. The summed E-state index contributed by atoms with van der Waals surface area (Å²) in [5, 5.41) is 10.8. The molecule has 0 saturated carbocycles. The van der Waals surface area contributed by atoms with Gasteiger partial charge in [0.1, 0.15) is 10.7 Å². The summed E-state index contributed by atoms with van der Waals surface area (Å²) in [5.74, 6) is -0.811. The van der Waals surface area contributed by atoms with Crippen molar-refractivity contribution in [1.82, 2.24) is 4.90 Å². The number of unbranched alkanes of at least 4 members (excludes halogenated alkanes) is 1. The van der Waals surface area contributed by atoms with E-state index in [1.807, 2.05) is 0 Å². The third-order valence-corrected chi connectivity index (χ3v) is 5.49. The summed E-state index contributed by atoms with van der Waals surface area (Å²) in [6.45, 7) is 4.50. The molecule has 0 aliphatic carbocycles. The van der Waals surface area contributed by atoms with Crippen molar-refractivity contribution in [3.05, 3.63) is 29.6 Å². The number of sulfone groups is 1. The van der Waals surface area contributed by atoms with Gasteiger partial charge in [-0.05, 0) is 31.9 Å². The summed E-state index contributed by atoms with van der Waals surface area (Å²) in [7, 11) is -3.64. The minimum Gasteiger partial charge on any atom is -0.385 e. The lowest BCUT2D eigenvalue weighted by Gasteiger charge is -2.38. The van der Waals surface area contributed by atoms with Gasteiger partial charge in [0, 0.05) is 24.9 Å². The molecule has 2 rings (SSSR count). The first-order chi connectivity index (χ1) is 10.3. The highest BCUT2D eigenvalue weighted by atomic mass is 32.2. The molecule has 0 radical (unpaired) electrons. The van der Waals surface area contributed by atoms with Crippen LogP contribution in [0.25, 0.3) is 0 Å². The zero-order valence-corrected chi connectivity index (χ0v) is 14.0. The summed E-state index contributed by atoms with van der Waals surface area (Å²) in [6.07, 6.45) is 4.04. The van der Waals surface area contributed by atoms with Gasteiger partial charge in [0.2, 0.25) is 0 Å². The van der Waals surface area contributed by atoms with Crippen LogP contribution in [0, 0.1) is 5.82 Å². The molecule has 0 amide bonds. The van der Waals surface area contributed by atoms with Gasteiger partial charge in [-0.3, -0.25) is 0 Å². The van der Waals surface area contributed by atoms with Crippen molar-refractivity contribution in [2.24, 2.45) is 0 Å². The standard InChI is InChI=1S/C16H24FNO3S/c1-3-4-10-18-11-8-16(19,9-12-18)13-6-5-7-14(15(13)17)22(2,20)21/h5-7,19H,3-4,8-12H2,1-2H3. The van der Waals surface area contributed by atoms with Crippen LogP contribution in [0.3, 0.4) is 0 Å². The Hall–Kier alpha value is -0.980. The van der Waals surface area contributed by atoms with E-state index in [2.05, 4.69) is 11.8 Å². The fraction of sp³-hybridized carbons (Fsp3) is 0.625. The summed E-state index contributed by atoms with van der Waals surface area (Å²) in [4.78, 5) is 1.92. The molecule has 1 heterocycles. The van der Waals surface area contributed by atoms with Gasteiger partial charge in [-0.2, -0.15) is 0 Å². The zero-order valence-electron chi connectivity index (χ0n) is 13.2. The number of benzene rings is 1. The number of halogens is 1. The summed E-state index contributed by atoms with van der Waals surface area (Å²) >= 11 is 0. The molecule has 1 aliphatic rings. The second-order valence-corrected chi connectivity index (χ2v) is 8.10. The first-order valence-corrected chi connectivity index (χ1v) is 9.61. The SMILES string of the molecule is CCCCN1CCC(O)(c2cccc(S(C)(=O)=O)c2F)CC1. The van der Waals surface area contributed by atoms with E-state index in [0.29, 0.717) is 25.9 Å².